The van der Waals surface area contributed by atoms with E-state index in [1.54, 1.807) is 4.90 Å². The summed E-state index contributed by atoms with van der Waals surface area (Å²) in [4.78, 5) is 29.0. The lowest BCUT2D eigenvalue weighted by Crippen LogP contribution is -2.56. The van der Waals surface area contributed by atoms with Crippen molar-refractivity contribution in [1.29, 1.82) is 0 Å². The van der Waals surface area contributed by atoms with E-state index in [1.807, 2.05) is 20.8 Å². The first-order chi connectivity index (χ1) is 9.29. The summed E-state index contributed by atoms with van der Waals surface area (Å²) >= 11 is 1.21. The molecule has 1 aliphatic heterocycles. The van der Waals surface area contributed by atoms with E-state index < -0.39 is 12.0 Å². The number of carboxylic acid groups (broad SMARTS) is 1. The minimum Gasteiger partial charge on any atom is -0.481 e. The summed E-state index contributed by atoms with van der Waals surface area (Å²) in [6, 6.07) is -0.720. The SMILES string of the molecule is CC(C)(C)c1nsc(N2CCNC(=O)C2CC(=O)O)n1. The number of carbonyl (C=O) groups is 2. The Morgan fingerprint density at radius 2 is 2.25 bits per heavy atom. The van der Waals surface area contributed by atoms with Crippen LogP contribution in [0.2, 0.25) is 0 Å². The summed E-state index contributed by atoms with van der Waals surface area (Å²) in [5.74, 6) is -0.568. The summed E-state index contributed by atoms with van der Waals surface area (Å²) in [5, 5.41) is 12.2. The molecule has 0 aromatic carbocycles. The number of hydrogen-bond acceptors (Lipinski definition) is 6. The van der Waals surface area contributed by atoms with Gasteiger partial charge < -0.3 is 15.3 Å². The normalized spacial score (nSPS) is 19.9. The number of nitrogens with one attached hydrogen (secondary N) is 1. The zero-order chi connectivity index (χ0) is 14.9. The van der Waals surface area contributed by atoms with Crippen LogP contribution in [-0.2, 0) is 15.0 Å². The fourth-order valence-electron chi connectivity index (χ4n) is 1.95. The highest BCUT2D eigenvalue weighted by molar-refractivity contribution is 7.09. The number of aliphatic carboxylic acids is 1. The Kier molecular flexibility index (Phi) is 3.94. The van der Waals surface area contributed by atoms with Crippen LogP contribution < -0.4 is 10.2 Å². The third-order valence-electron chi connectivity index (χ3n) is 3.03. The minimum atomic E-state index is -1.00. The number of hydrogen-bond donors (Lipinski definition) is 2. The maximum absolute atomic E-state index is 11.9. The Morgan fingerprint density at radius 3 is 2.80 bits per heavy atom. The van der Waals surface area contributed by atoms with Gasteiger partial charge in [-0.3, -0.25) is 9.59 Å². The average Bonchev–Trinajstić information content (AvgIpc) is 2.80. The lowest BCUT2D eigenvalue weighted by molar-refractivity contribution is -0.139. The second-order valence-corrected chi connectivity index (χ2v) is 6.48. The highest BCUT2D eigenvalue weighted by Crippen LogP contribution is 2.27. The van der Waals surface area contributed by atoms with Gasteiger partial charge in [0.25, 0.3) is 0 Å². The number of aromatic nitrogens is 2. The molecule has 0 aliphatic carbocycles. The number of piperazine rings is 1. The van der Waals surface area contributed by atoms with Gasteiger partial charge in [-0.25, -0.2) is 4.98 Å². The molecule has 1 unspecified atom stereocenters. The van der Waals surface area contributed by atoms with Crippen LogP contribution >= 0.6 is 11.5 Å². The highest BCUT2D eigenvalue weighted by atomic mass is 32.1. The first-order valence-electron chi connectivity index (χ1n) is 6.39. The predicted molar refractivity (Wildman–Crippen MR) is 75.0 cm³/mol. The topological polar surface area (TPSA) is 95.4 Å². The first kappa shape index (κ1) is 14.7. The average molecular weight is 298 g/mol. The second-order valence-electron chi connectivity index (χ2n) is 5.75. The van der Waals surface area contributed by atoms with E-state index >= 15 is 0 Å². The fraction of sp³-hybridized carbons (Fsp3) is 0.667. The van der Waals surface area contributed by atoms with Crippen molar-refractivity contribution in [2.75, 3.05) is 18.0 Å². The Morgan fingerprint density at radius 1 is 1.55 bits per heavy atom. The van der Waals surface area contributed by atoms with Crippen LogP contribution in [0.1, 0.15) is 33.0 Å². The molecule has 1 atom stereocenters. The Labute approximate surface area is 121 Å². The van der Waals surface area contributed by atoms with Gasteiger partial charge >= 0.3 is 5.97 Å². The van der Waals surface area contributed by atoms with Crippen molar-refractivity contribution in [3.05, 3.63) is 5.82 Å². The van der Waals surface area contributed by atoms with E-state index in [0.29, 0.717) is 24.0 Å². The summed E-state index contributed by atoms with van der Waals surface area (Å²) in [6.45, 7) is 7.06. The Balaban J connectivity index is 2.26. The van der Waals surface area contributed by atoms with Crippen molar-refractivity contribution in [1.82, 2.24) is 14.7 Å². The van der Waals surface area contributed by atoms with E-state index in [1.165, 1.54) is 11.5 Å². The van der Waals surface area contributed by atoms with Gasteiger partial charge in [-0.2, -0.15) is 4.37 Å². The van der Waals surface area contributed by atoms with E-state index in [4.69, 9.17) is 5.11 Å². The monoisotopic (exact) mass is 298 g/mol. The van der Waals surface area contributed by atoms with Crippen LogP contribution in [0.25, 0.3) is 0 Å². The quantitative estimate of drug-likeness (QED) is 0.849. The lowest BCUT2D eigenvalue weighted by atomic mass is 9.96. The molecule has 110 valence electrons. The van der Waals surface area contributed by atoms with Gasteiger partial charge in [0.05, 0.1) is 6.42 Å². The molecule has 0 radical (unpaired) electrons. The number of anilines is 1. The van der Waals surface area contributed by atoms with Gasteiger partial charge in [0.15, 0.2) is 0 Å². The van der Waals surface area contributed by atoms with Crippen molar-refractivity contribution < 1.29 is 14.7 Å². The third-order valence-corrected chi connectivity index (χ3v) is 3.78. The Bertz CT molecular complexity index is 523. The van der Waals surface area contributed by atoms with Gasteiger partial charge in [0, 0.05) is 30.0 Å². The van der Waals surface area contributed by atoms with Crippen LogP contribution in [-0.4, -0.2) is 45.5 Å². The molecule has 0 saturated carbocycles. The summed E-state index contributed by atoms with van der Waals surface area (Å²) < 4.78 is 4.31. The number of amides is 1. The third kappa shape index (κ3) is 3.06. The summed E-state index contributed by atoms with van der Waals surface area (Å²) in [6.07, 6.45) is -0.240. The van der Waals surface area contributed by atoms with Crippen molar-refractivity contribution in [2.24, 2.45) is 0 Å². The van der Waals surface area contributed by atoms with Crippen LogP contribution in [0.15, 0.2) is 0 Å². The zero-order valence-corrected chi connectivity index (χ0v) is 12.5. The molecule has 2 heterocycles. The van der Waals surface area contributed by atoms with Crippen LogP contribution in [0.3, 0.4) is 0 Å². The van der Waals surface area contributed by atoms with Crippen LogP contribution in [0.4, 0.5) is 5.13 Å². The number of nitrogens with zero attached hydrogens (tertiary/aromatic N) is 3. The van der Waals surface area contributed by atoms with Gasteiger partial charge in [0.1, 0.15) is 11.9 Å². The van der Waals surface area contributed by atoms with Crippen LogP contribution in [0.5, 0.6) is 0 Å². The number of carbonyl (C=O) groups excluding carboxylic acids is 1. The molecule has 7 nitrogen and oxygen atoms in total. The van der Waals surface area contributed by atoms with Gasteiger partial charge in [-0.1, -0.05) is 20.8 Å². The standard InChI is InChI=1S/C12H18N4O3S/c1-12(2,3)10-14-11(20-15-10)16-5-4-13-9(19)7(16)6-8(17)18/h7H,4-6H2,1-3H3,(H,13,19)(H,17,18). The molecule has 0 bridgehead atoms. The molecule has 0 spiro atoms. The molecular formula is C12H18N4O3S. The maximum Gasteiger partial charge on any atom is 0.305 e. The molecule has 1 aromatic heterocycles. The van der Waals surface area contributed by atoms with Gasteiger partial charge in [0.2, 0.25) is 11.0 Å². The number of rotatable bonds is 3. The molecule has 1 fully saturated rings. The minimum absolute atomic E-state index is 0.172. The van der Waals surface area contributed by atoms with Gasteiger partial charge in [-0.15, -0.1) is 0 Å². The van der Waals surface area contributed by atoms with E-state index in [0.717, 1.165) is 0 Å². The summed E-state index contributed by atoms with van der Waals surface area (Å²) in [5.41, 5.74) is -0.172. The van der Waals surface area contributed by atoms with Crippen molar-refractivity contribution in [3.63, 3.8) is 0 Å². The van der Waals surface area contributed by atoms with Crippen LogP contribution in [0, 0.1) is 0 Å². The molecular weight excluding hydrogens is 280 g/mol. The maximum atomic E-state index is 11.9. The fourth-order valence-corrected chi connectivity index (χ4v) is 2.88. The largest absolute Gasteiger partial charge is 0.481 e. The highest BCUT2D eigenvalue weighted by Gasteiger charge is 2.34. The molecule has 1 aliphatic rings. The molecule has 1 saturated heterocycles. The smallest absolute Gasteiger partial charge is 0.305 e. The van der Waals surface area contributed by atoms with E-state index in [-0.39, 0.29) is 17.7 Å². The lowest BCUT2D eigenvalue weighted by Gasteiger charge is -2.33. The van der Waals surface area contributed by atoms with Crippen molar-refractivity contribution >= 4 is 28.5 Å². The van der Waals surface area contributed by atoms with Crippen molar-refractivity contribution in [2.45, 2.75) is 38.6 Å². The number of carboxylic acids is 1. The first-order valence-corrected chi connectivity index (χ1v) is 7.16. The predicted octanol–water partition coefficient (Wildman–Crippen LogP) is 0.615. The molecule has 2 N–H and O–H groups in total. The van der Waals surface area contributed by atoms with Gasteiger partial charge in [-0.05, 0) is 0 Å². The second kappa shape index (κ2) is 5.35. The molecule has 2 rings (SSSR count). The molecule has 1 aromatic rings. The summed E-state index contributed by atoms with van der Waals surface area (Å²) in [7, 11) is 0. The molecule has 1 amide bonds. The molecule has 20 heavy (non-hydrogen) atoms. The van der Waals surface area contributed by atoms with Crippen molar-refractivity contribution in [3.8, 4) is 0 Å². The van der Waals surface area contributed by atoms with E-state index in [9.17, 15) is 9.59 Å². The zero-order valence-electron chi connectivity index (χ0n) is 11.7. The molecule has 8 heteroatoms. The van der Waals surface area contributed by atoms with E-state index in [2.05, 4.69) is 14.7 Å². The Hall–Kier alpha value is -1.70.